The number of halogens is 2. The van der Waals surface area contributed by atoms with Crippen LogP contribution >= 0.6 is 11.3 Å². The molecule has 0 fully saturated rings. The fourth-order valence-corrected chi connectivity index (χ4v) is 3.33. The number of amides is 1. The number of hydrazine groups is 1. The van der Waals surface area contributed by atoms with Gasteiger partial charge in [-0.05, 0) is 35.2 Å². The number of aromatic nitrogens is 4. The van der Waals surface area contributed by atoms with Crippen molar-refractivity contribution in [3.63, 3.8) is 0 Å². The summed E-state index contributed by atoms with van der Waals surface area (Å²) >= 11 is 1.42. The summed E-state index contributed by atoms with van der Waals surface area (Å²) < 4.78 is 26.8. The van der Waals surface area contributed by atoms with Crippen LogP contribution in [0, 0.1) is 0 Å². The normalized spacial score (nSPS) is 11.1. The molecule has 0 spiro atoms. The van der Waals surface area contributed by atoms with Crippen LogP contribution in [-0.2, 0) is 11.2 Å². The van der Waals surface area contributed by atoms with Crippen molar-refractivity contribution in [2.24, 2.45) is 0 Å². The molecule has 0 aliphatic heterocycles. The van der Waals surface area contributed by atoms with Crippen molar-refractivity contribution < 1.29 is 13.8 Å². The first-order chi connectivity index (χ1) is 13.6. The average molecular weight is 398 g/mol. The highest BCUT2D eigenvalue weighted by Crippen LogP contribution is 2.23. The van der Waals surface area contributed by atoms with Crippen molar-refractivity contribution in [2.75, 3.05) is 5.01 Å². The van der Waals surface area contributed by atoms with Crippen LogP contribution in [0.15, 0.2) is 60.2 Å². The van der Waals surface area contributed by atoms with Gasteiger partial charge in [0.2, 0.25) is 0 Å². The first-order valence-corrected chi connectivity index (χ1v) is 9.01. The molecule has 3 aromatic heterocycles. The summed E-state index contributed by atoms with van der Waals surface area (Å²) in [5, 5.41) is 10.3. The molecule has 0 saturated carbocycles. The minimum absolute atomic E-state index is 0.0959. The Morgan fingerprint density at radius 2 is 1.96 bits per heavy atom. The Morgan fingerprint density at radius 3 is 2.68 bits per heavy atom. The molecule has 1 aromatic carbocycles. The van der Waals surface area contributed by atoms with Gasteiger partial charge < -0.3 is 0 Å². The van der Waals surface area contributed by atoms with Crippen LogP contribution in [0.25, 0.3) is 21.5 Å². The number of hydrogen-bond donors (Lipinski definition) is 0. The second-order valence-electron chi connectivity index (χ2n) is 5.75. The number of carbonyl (C=O) groups is 1. The third-order valence-electron chi connectivity index (χ3n) is 3.92. The average Bonchev–Trinajstić information content (AvgIpc) is 3.23. The molecule has 10 heteroatoms. The van der Waals surface area contributed by atoms with Crippen molar-refractivity contribution in [1.82, 2.24) is 25.6 Å². The molecule has 0 N–H and O–H groups in total. The monoisotopic (exact) mass is 398 g/mol. The molecule has 0 saturated heterocycles. The molecule has 0 bridgehead atoms. The lowest BCUT2D eigenvalue weighted by Crippen LogP contribution is -2.40. The third kappa shape index (κ3) is 3.68. The molecule has 140 valence electrons. The predicted octanol–water partition coefficient (Wildman–Crippen LogP) is 3.71. The minimum Gasteiger partial charge on any atom is -0.272 e. The van der Waals surface area contributed by atoms with E-state index < -0.39 is 17.3 Å². The zero-order chi connectivity index (χ0) is 19.5. The van der Waals surface area contributed by atoms with Crippen molar-refractivity contribution in [3.8, 4) is 10.6 Å². The van der Waals surface area contributed by atoms with E-state index in [-0.39, 0.29) is 11.4 Å². The van der Waals surface area contributed by atoms with Gasteiger partial charge in [0.1, 0.15) is 11.1 Å². The van der Waals surface area contributed by atoms with E-state index in [0.717, 1.165) is 15.8 Å². The van der Waals surface area contributed by atoms with Crippen molar-refractivity contribution >= 4 is 34.1 Å². The Hall–Kier alpha value is -3.37. The number of pyridine rings is 1. The number of benzene rings is 1. The molecular formula is C18H12F2N6OS. The second-order valence-corrected chi connectivity index (χ2v) is 6.70. The SMILES string of the molecule is O=C(Cc1ccc2ncccc2c1)N(c1ncc(-c2cccs2)nn1)N(F)F. The quantitative estimate of drug-likeness (QED) is 0.377. The van der Waals surface area contributed by atoms with Gasteiger partial charge in [0, 0.05) is 11.6 Å². The first-order valence-electron chi connectivity index (χ1n) is 8.13. The van der Waals surface area contributed by atoms with Gasteiger partial charge in [0.25, 0.3) is 11.9 Å². The van der Waals surface area contributed by atoms with Crippen LogP contribution in [0.4, 0.5) is 14.9 Å². The zero-order valence-corrected chi connectivity index (χ0v) is 15.1. The number of anilines is 1. The zero-order valence-electron chi connectivity index (χ0n) is 14.2. The second kappa shape index (κ2) is 7.71. The smallest absolute Gasteiger partial charge is 0.271 e. The molecule has 3 heterocycles. The Balaban J connectivity index is 1.57. The molecule has 0 unspecified atom stereocenters. The lowest BCUT2D eigenvalue weighted by molar-refractivity contribution is -0.174. The van der Waals surface area contributed by atoms with Crippen molar-refractivity contribution in [3.05, 3.63) is 65.8 Å². The van der Waals surface area contributed by atoms with Gasteiger partial charge in [0.05, 0.1) is 23.0 Å². The highest BCUT2D eigenvalue weighted by molar-refractivity contribution is 7.13. The van der Waals surface area contributed by atoms with Crippen LogP contribution in [0.5, 0.6) is 0 Å². The largest absolute Gasteiger partial charge is 0.272 e. The summed E-state index contributed by atoms with van der Waals surface area (Å²) in [5.74, 6) is -1.39. The Labute approximate surface area is 161 Å². The predicted molar refractivity (Wildman–Crippen MR) is 100 cm³/mol. The van der Waals surface area contributed by atoms with E-state index in [4.69, 9.17) is 0 Å². The van der Waals surface area contributed by atoms with Crippen molar-refractivity contribution in [1.29, 1.82) is 0 Å². The van der Waals surface area contributed by atoms with Gasteiger partial charge in [0.15, 0.2) is 0 Å². The van der Waals surface area contributed by atoms with Gasteiger partial charge in [-0.3, -0.25) is 9.78 Å². The summed E-state index contributed by atoms with van der Waals surface area (Å²) in [6.07, 6.45) is 2.70. The molecule has 7 nitrogen and oxygen atoms in total. The maximum Gasteiger partial charge on any atom is 0.271 e. The number of rotatable bonds is 5. The Morgan fingerprint density at radius 1 is 1.07 bits per heavy atom. The minimum atomic E-state index is -1.34. The molecule has 0 atom stereocenters. The summed E-state index contributed by atoms with van der Waals surface area (Å²) in [7, 11) is 0. The fourth-order valence-electron chi connectivity index (χ4n) is 2.65. The van der Waals surface area contributed by atoms with Crippen LogP contribution in [-0.4, -0.2) is 31.5 Å². The summed E-state index contributed by atoms with van der Waals surface area (Å²) in [5.41, 5.74) is 0.426. The Kier molecular flexibility index (Phi) is 4.96. The van der Waals surface area contributed by atoms with Gasteiger partial charge in [-0.25, -0.2) is 4.98 Å². The molecule has 28 heavy (non-hydrogen) atoms. The summed E-state index contributed by atoms with van der Waals surface area (Å²) in [6.45, 7) is 0. The van der Waals surface area contributed by atoms with E-state index in [1.807, 2.05) is 23.6 Å². The lowest BCUT2D eigenvalue weighted by Gasteiger charge is -2.18. The summed E-state index contributed by atoms with van der Waals surface area (Å²) in [4.78, 5) is 21.4. The van der Waals surface area contributed by atoms with E-state index >= 15 is 0 Å². The number of fused-ring (bicyclic) bond motifs is 1. The maximum absolute atomic E-state index is 13.4. The molecule has 4 aromatic rings. The van der Waals surface area contributed by atoms with Crippen LogP contribution in [0.3, 0.4) is 0 Å². The van der Waals surface area contributed by atoms with Crippen LogP contribution in [0.2, 0.25) is 0 Å². The molecule has 1 amide bonds. The van der Waals surface area contributed by atoms with E-state index in [9.17, 15) is 13.8 Å². The van der Waals surface area contributed by atoms with Crippen LogP contribution < -0.4 is 5.01 Å². The van der Waals surface area contributed by atoms with Gasteiger partial charge >= 0.3 is 0 Å². The molecule has 0 aliphatic carbocycles. The number of hydrogen-bond acceptors (Lipinski definition) is 7. The summed E-state index contributed by atoms with van der Waals surface area (Å²) in [6, 6.07) is 12.4. The molecular weight excluding hydrogens is 386 g/mol. The van der Waals surface area contributed by atoms with E-state index in [1.54, 1.807) is 30.5 Å². The van der Waals surface area contributed by atoms with E-state index in [2.05, 4.69) is 20.2 Å². The first kappa shape index (κ1) is 18.0. The number of carbonyl (C=O) groups excluding carboxylic acids is 1. The number of nitrogens with zero attached hydrogens (tertiary/aromatic N) is 6. The van der Waals surface area contributed by atoms with Gasteiger partial charge in [-0.15, -0.1) is 26.5 Å². The topological polar surface area (TPSA) is 75.1 Å². The standard InChI is InChI=1S/C18H12F2N6OS/c19-26(20)25(18-22-11-15(23-24-18)16-4-2-8-28-16)17(27)10-12-5-6-14-13(9-12)3-1-7-21-14/h1-9,11H,10H2. The molecule has 0 radical (unpaired) electrons. The van der Waals surface area contributed by atoms with Gasteiger partial charge in [-0.1, -0.05) is 27.2 Å². The molecule has 4 rings (SSSR count). The van der Waals surface area contributed by atoms with E-state index in [1.165, 1.54) is 17.5 Å². The lowest BCUT2D eigenvalue weighted by atomic mass is 10.1. The fraction of sp³-hybridized carbons (Fsp3) is 0.0556. The maximum atomic E-state index is 13.4. The third-order valence-corrected chi connectivity index (χ3v) is 4.82. The highest BCUT2D eigenvalue weighted by atomic mass is 32.1. The number of thiophene rings is 1. The van der Waals surface area contributed by atoms with E-state index in [0.29, 0.717) is 11.3 Å². The van der Waals surface area contributed by atoms with Crippen LogP contribution in [0.1, 0.15) is 5.56 Å². The van der Waals surface area contributed by atoms with Crippen molar-refractivity contribution in [2.45, 2.75) is 6.42 Å². The van der Waals surface area contributed by atoms with Gasteiger partial charge in [-0.2, -0.15) is 0 Å². The molecule has 0 aliphatic rings. The Bertz CT molecular complexity index is 1100. The highest BCUT2D eigenvalue weighted by Gasteiger charge is 2.27.